The van der Waals surface area contributed by atoms with Crippen molar-refractivity contribution < 1.29 is 14.0 Å². The van der Waals surface area contributed by atoms with Gasteiger partial charge in [-0.1, -0.05) is 29.8 Å². The summed E-state index contributed by atoms with van der Waals surface area (Å²) in [5.41, 5.74) is 2.70. The van der Waals surface area contributed by atoms with Gasteiger partial charge in [-0.25, -0.2) is 4.39 Å². The van der Waals surface area contributed by atoms with E-state index in [1.807, 2.05) is 31.2 Å². The quantitative estimate of drug-likeness (QED) is 0.938. The molecule has 0 bridgehead atoms. The van der Waals surface area contributed by atoms with Gasteiger partial charge in [0, 0.05) is 25.2 Å². The Labute approximate surface area is 140 Å². The summed E-state index contributed by atoms with van der Waals surface area (Å²) in [6, 6.07) is 13.6. The largest absolute Gasteiger partial charge is 0.338 e. The van der Waals surface area contributed by atoms with Crippen LogP contribution in [-0.4, -0.2) is 23.3 Å². The van der Waals surface area contributed by atoms with Crippen molar-refractivity contribution in [2.45, 2.75) is 19.9 Å². The van der Waals surface area contributed by atoms with Crippen LogP contribution in [0.25, 0.3) is 0 Å². The molecule has 1 fully saturated rings. The van der Waals surface area contributed by atoms with E-state index in [1.54, 1.807) is 17.0 Å². The predicted octanol–water partition coefficient (Wildman–Crippen LogP) is 3.12. The normalized spacial score (nSPS) is 17.2. The van der Waals surface area contributed by atoms with Crippen LogP contribution < -0.4 is 5.32 Å². The summed E-state index contributed by atoms with van der Waals surface area (Å²) >= 11 is 0. The molecule has 1 heterocycles. The van der Waals surface area contributed by atoms with Crippen molar-refractivity contribution in [3.63, 3.8) is 0 Å². The van der Waals surface area contributed by atoms with Crippen LogP contribution in [0.3, 0.4) is 0 Å². The van der Waals surface area contributed by atoms with E-state index in [1.165, 1.54) is 12.1 Å². The van der Waals surface area contributed by atoms with Gasteiger partial charge in [0.1, 0.15) is 5.82 Å². The molecule has 3 rings (SSSR count). The van der Waals surface area contributed by atoms with Gasteiger partial charge in [-0.3, -0.25) is 9.59 Å². The Balaban J connectivity index is 1.60. The minimum absolute atomic E-state index is 0.0524. The SMILES string of the molecule is Cc1ccc(NC(=O)[C@@H]2CC(=O)N(Cc3ccc(F)cc3)C2)cc1. The van der Waals surface area contributed by atoms with Gasteiger partial charge in [-0.2, -0.15) is 0 Å². The molecule has 1 aliphatic heterocycles. The maximum atomic E-state index is 12.9. The zero-order valence-corrected chi connectivity index (χ0v) is 13.5. The maximum absolute atomic E-state index is 12.9. The molecule has 2 aromatic rings. The van der Waals surface area contributed by atoms with Gasteiger partial charge >= 0.3 is 0 Å². The highest BCUT2D eigenvalue weighted by Crippen LogP contribution is 2.22. The number of likely N-dealkylation sites (tertiary alicyclic amines) is 1. The highest BCUT2D eigenvalue weighted by molar-refractivity contribution is 5.97. The summed E-state index contributed by atoms with van der Waals surface area (Å²) in [5, 5.41) is 2.86. The molecule has 4 nitrogen and oxygen atoms in total. The van der Waals surface area contributed by atoms with Gasteiger partial charge in [0.25, 0.3) is 0 Å². The fraction of sp³-hybridized carbons (Fsp3) is 0.263. The van der Waals surface area contributed by atoms with E-state index in [9.17, 15) is 14.0 Å². The highest BCUT2D eigenvalue weighted by Gasteiger charge is 2.34. The van der Waals surface area contributed by atoms with Crippen LogP contribution in [-0.2, 0) is 16.1 Å². The Morgan fingerprint density at radius 1 is 1.17 bits per heavy atom. The third-order valence-corrected chi connectivity index (χ3v) is 4.19. The number of anilines is 1. The zero-order chi connectivity index (χ0) is 17.1. The average Bonchev–Trinajstić information content (AvgIpc) is 2.93. The lowest BCUT2D eigenvalue weighted by Gasteiger charge is -2.16. The second-order valence-electron chi connectivity index (χ2n) is 6.16. The number of amides is 2. The summed E-state index contributed by atoms with van der Waals surface area (Å²) in [6.45, 7) is 2.76. The van der Waals surface area contributed by atoms with Crippen molar-refractivity contribution in [3.05, 3.63) is 65.5 Å². The number of carbonyl (C=O) groups excluding carboxylic acids is 2. The number of aryl methyl sites for hydroxylation is 1. The first kappa shape index (κ1) is 16.2. The van der Waals surface area contributed by atoms with Crippen LogP contribution in [0.4, 0.5) is 10.1 Å². The van der Waals surface area contributed by atoms with Gasteiger partial charge < -0.3 is 10.2 Å². The summed E-state index contributed by atoms with van der Waals surface area (Å²) in [6.07, 6.45) is 0.207. The molecule has 1 N–H and O–H groups in total. The Bertz CT molecular complexity index is 741. The Morgan fingerprint density at radius 3 is 2.50 bits per heavy atom. The Kier molecular flexibility index (Phi) is 4.60. The Hall–Kier alpha value is -2.69. The number of halogens is 1. The molecule has 2 aromatic carbocycles. The van der Waals surface area contributed by atoms with Crippen molar-refractivity contribution in [2.75, 3.05) is 11.9 Å². The topological polar surface area (TPSA) is 49.4 Å². The van der Waals surface area contributed by atoms with Gasteiger partial charge in [0.15, 0.2) is 0 Å². The van der Waals surface area contributed by atoms with Crippen LogP contribution in [0.2, 0.25) is 0 Å². The van der Waals surface area contributed by atoms with E-state index in [0.717, 1.165) is 16.8 Å². The van der Waals surface area contributed by atoms with Crippen molar-refractivity contribution in [2.24, 2.45) is 5.92 Å². The monoisotopic (exact) mass is 326 g/mol. The third kappa shape index (κ3) is 3.79. The van der Waals surface area contributed by atoms with E-state index >= 15 is 0 Å². The molecule has 0 radical (unpaired) electrons. The molecule has 0 unspecified atom stereocenters. The fourth-order valence-corrected chi connectivity index (χ4v) is 2.79. The smallest absolute Gasteiger partial charge is 0.229 e. The van der Waals surface area contributed by atoms with Crippen LogP contribution in [0.1, 0.15) is 17.5 Å². The molecule has 5 heteroatoms. The predicted molar refractivity (Wildman–Crippen MR) is 89.7 cm³/mol. The van der Waals surface area contributed by atoms with Gasteiger partial charge in [0.2, 0.25) is 11.8 Å². The van der Waals surface area contributed by atoms with Gasteiger partial charge in [-0.05, 0) is 36.8 Å². The van der Waals surface area contributed by atoms with Crippen LogP contribution in [0.15, 0.2) is 48.5 Å². The first-order valence-corrected chi connectivity index (χ1v) is 7.91. The number of benzene rings is 2. The van der Waals surface area contributed by atoms with Crippen LogP contribution in [0.5, 0.6) is 0 Å². The molecule has 0 aromatic heterocycles. The molecular weight excluding hydrogens is 307 g/mol. The zero-order valence-electron chi connectivity index (χ0n) is 13.5. The summed E-state index contributed by atoms with van der Waals surface area (Å²) in [7, 11) is 0. The first-order valence-electron chi connectivity index (χ1n) is 7.91. The summed E-state index contributed by atoms with van der Waals surface area (Å²) in [4.78, 5) is 26.1. The van der Waals surface area contributed by atoms with Crippen molar-refractivity contribution in [3.8, 4) is 0 Å². The molecule has 0 saturated carbocycles. The Morgan fingerprint density at radius 2 is 1.83 bits per heavy atom. The fourth-order valence-electron chi connectivity index (χ4n) is 2.79. The number of carbonyl (C=O) groups is 2. The lowest BCUT2D eigenvalue weighted by molar-refractivity contribution is -0.128. The molecule has 1 atom stereocenters. The van der Waals surface area contributed by atoms with E-state index in [2.05, 4.69) is 5.32 Å². The second-order valence-corrected chi connectivity index (χ2v) is 6.16. The summed E-state index contributed by atoms with van der Waals surface area (Å²) in [5.74, 6) is -0.863. The lowest BCUT2D eigenvalue weighted by Crippen LogP contribution is -2.28. The standard InChI is InChI=1S/C19H19FN2O2/c1-13-2-8-17(9-3-13)21-19(24)15-10-18(23)22(12-15)11-14-4-6-16(20)7-5-14/h2-9,15H,10-12H2,1H3,(H,21,24)/t15-/m1/s1. The maximum Gasteiger partial charge on any atom is 0.229 e. The molecule has 1 saturated heterocycles. The van der Waals surface area contributed by atoms with Crippen molar-refractivity contribution in [1.82, 2.24) is 4.90 Å². The minimum Gasteiger partial charge on any atom is -0.338 e. The van der Waals surface area contributed by atoms with E-state index in [0.29, 0.717) is 13.1 Å². The van der Waals surface area contributed by atoms with E-state index in [-0.39, 0.29) is 30.0 Å². The molecule has 0 spiro atoms. The van der Waals surface area contributed by atoms with Crippen molar-refractivity contribution in [1.29, 1.82) is 0 Å². The van der Waals surface area contributed by atoms with Gasteiger partial charge in [0.05, 0.1) is 5.92 Å². The number of nitrogens with one attached hydrogen (secondary N) is 1. The minimum atomic E-state index is -0.362. The molecule has 124 valence electrons. The second kappa shape index (κ2) is 6.83. The first-order chi connectivity index (χ1) is 11.5. The molecular formula is C19H19FN2O2. The molecule has 1 aliphatic rings. The average molecular weight is 326 g/mol. The number of rotatable bonds is 4. The lowest BCUT2D eigenvalue weighted by atomic mass is 10.1. The number of hydrogen-bond donors (Lipinski definition) is 1. The molecule has 24 heavy (non-hydrogen) atoms. The molecule has 2 amide bonds. The number of nitrogens with zero attached hydrogens (tertiary/aromatic N) is 1. The number of hydrogen-bond acceptors (Lipinski definition) is 2. The summed E-state index contributed by atoms with van der Waals surface area (Å²) < 4.78 is 12.9. The molecule has 0 aliphatic carbocycles. The van der Waals surface area contributed by atoms with Crippen LogP contribution in [0, 0.1) is 18.7 Å². The highest BCUT2D eigenvalue weighted by atomic mass is 19.1. The third-order valence-electron chi connectivity index (χ3n) is 4.19. The van der Waals surface area contributed by atoms with Crippen molar-refractivity contribution >= 4 is 17.5 Å². The van der Waals surface area contributed by atoms with Crippen LogP contribution >= 0.6 is 0 Å². The van der Waals surface area contributed by atoms with Gasteiger partial charge in [-0.15, -0.1) is 0 Å². The van der Waals surface area contributed by atoms with E-state index < -0.39 is 0 Å². The van der Waals surface area contributed by atoms with E-state index in [4.69, 9.17) is 0 Å².